The van der Waals surface area contributed by atoms with E-state index in [2.05, 4.69) is 0 Å². The average molecular weight is 400 g/mol. The lowest BCUT2D eigenvalue weighted by Gasteiger charge is -2.36. The third-order valence-electron chi connectivity index (χ3n) is 2.21. The van der Waals surface area contributed by atoms with E-state index in [9.17, 15) is 70.2 Å². The Morgan fingerprint density at radius 1 is 0.333 bits per heavy atom. The van der Waals surface area contributed by atoms with E-state index >= 15 is 0 Å². The Balaban J connectivity index is 5.95. The van der Waals surface area contributed by atoms with Gasteiger partial charge < -0.3 is 0 Å². The molecular weight excluding hydrogens is 400 g/mol. The van der Waals surface area contributed by atoms with Crippen molar-refractivity contribution in [2.24, 2.45) is 0 Å². The molecule has 0 bridgehead atoms. The van der Waals surface area contributed by atoms with Gasteiger partial charge in [0, 0.05) is 0 Å². The van der Waals surface area contributed by atoms with Crippen molar-refractivity contribution in [1.29, 1.82) is 0 Å². The van der Waals surface area contributed by atoms with E-state index in [0.29, 0.717) is 0 Å². The molecule has 0 aromatic rings. The van der Waals surface area contributed by atoms with Crippen LogP contribution in [0.1, 0.15) is 0 Å². The molecule has 0 saturated carbocycles. The van der Waals surface area contributed by atoms with Crippen LogP contribution in [0.15, 0.2) is 0 Å². The van der Waals surface area contributed by atoms with Gasteiger partial charge in [-0.1, -0.05) is 0 Å². The summed E-state index contributed by atoms with van der Waals surface area (Å²) in [5.74, 6) is -38.1. The summed E-state index contributed by atoms with van der Waals surface area (Å²) < 4.78 is 194. The smallest absolute Gasteiger partial charge is 0.199 e. The number of halogens is 16. The Morgan fingerprint density at radius 2 is 0.583 bits per heavy atom. The summed E-state index contributed by atoms with van der Waals surface area (Å²) in [6.07, 6.45) is -16.6. The molecule has 0 amide bonds. The van der Waals surface area contributed by atoms with E-state index in [-0.39, 0.29) is 0 Å². The topological polar surface area (TPSA) is 0 Å². The second-order valence-electron chi connectivity index (χ2n) is 3.99. The fourth-order valence-electron chi connectivity index (χ4n) is 0.907. The zero-order valence-electron chi connectivity index (χ0n) is 10.0. The molecule has 0 unspecified atom stereocenters. The maximum Gasteiger partial charge on any atom is 0.460 e. The highest BCUT2D eigenvalue weighted by Crippen LogP contribution is 2.57. The van der Waals surface area contributed by atoms with Crippen molar-refractivity contribution in [3.63, 3.8) is 0 Å². The van der Waals surface area contributed by atoms with Crippen LogP contribution in [0, 0.1) is 6.42 Å². The van der Waals surface area contributed by atoms with E-state index in [4.69, 9.17) is 0 Å². The quantitative estimate of drug-likeness (QED) is 0.545. The maximum absolute atomic E-state index is 12.6. The first kappa shape index (κ1) is 22.9. The fraction of sp³-hybridized carbons (Fsp3) is 0.875. The van der Waals surface area contributed by atoms with Crippen LogP contribution >= 0.6 is 0 Å². The van der Waals surface area contributed by atoms with Gasteiger partial charge in [0.2, 0.25) is 0 Å². The highest BCUT2D eigenvalue weighted by Gasteiger charge is 2.85. The van der Waals surface area contributed by atoms with Gasteiger partial charge in [-0.2, -0.15) is 70.2 Å². The van der Waals surface area contributed by atoms with Crippen LogP contribution in [-0.4, -0.2) is 42.0 Å². The Labute approximate surface area is 120 Å². The molecule has 0 aliphatic rings. The predicted molar refractivity (Wildman–Crippen MR) is 40.1 cm³/mol. The van der Waals surface area contributed by atoms with Crippen LogP contribution in [0.25, 0.3) is 0 Å². The minimum absolute atomic E-state index is 1.77. The molecule has 0 nitrogen and oxygen atoms in total. The summed E-state index contributed by atoms with van der Waals surface area (Å²) in [5, 5.41) is 0. The lowest BCUT2D eigenvalue weighted by atomic mass is 9.95. The minimum atomic E-state index is -7.86. The van der Waals surface area contributed by atoms with Crippen molar-refractivity contribution < 1.29 is 70.2 Å². The summed E-state index contributed by atoms with van der Waals surface area (Å²) in [4.78, 5) is 0. The van der Waals surface area contributed by atoms with Crippen LogP contribution in [0.4, 0.5) is 70.2 Å². The zero-order valence-corrected chi connectivity index (χ0v) is 10.0. The van der Waals surface area contributed by atoms with Gasteiger partial charge in [-0.15, -0.1) is 0 Å². The Kier molecular flexibility index (Phi) is 5.18. The van der Waals surface area contributed by atoms with E-state index in [1.54, 1.807) is 0 Å². The molecule has 0 aromatic carbocycles. The number of alkyl halides is 16. The lowest BCUT2D eigenvalue weighted by molar-refractivity contribution is -0.399. The highest BCUT2D eigenvalue weighted by atomic mass is 19.4. The van der Waals surface area contributed by atoms with E-state index < -0.39 is 48.4 Å². The van der Waals surface area contributed by atoms with Gasteiger partial charge in [-0.05, 0) is 0 Å². The van der Waals surface area contributed by atoms with Crippen LogP contribution in [0.2, 0.25) is 0 Å². The molecule has 16 heteroatoms. The van der Waals surface area contributed by atoms with Crippen molar-refractivity contribution in [3.05, 3.63) is 6.42 Å². The van der Waals surface area contributed by atoms with Crippen molar-refractivity contribution in [2.45, 2.75) is 42.0 Å². The van der Waals surface area contributed by atoms with Crippen LogP contribution in [0.3, 0.4) is 0 Å². The first-order chi connectivity index (χ1) is 9.96. The van der Waals surface area contributed by atoms with Crippen molar-refractivity contribution in [3.8, 4) is 0 Å². The summed E-state index contributed by atoms with van der Waals surface area (Å²) >= 11 is 0. The number of hydrogen-bond acceptors (Lipinski definition) is 0. The molecule has 0 N–H and O–H groups in total. The number of hydrogen-bond donors (Lipinski definition) is 0. The Hall–Kier alpha value is -1.12. The molecule has 0 saturated heterocycles. The SMILES string of the molecule is FC(F)(F)C(F)(F)C(F)(F)[C]C(F)(F)C(F)(F)C(F)(F)C(F)(F)F. The lowest BCUT2D eigenvalue weighted by Crippen LogP contribution is -2.64. The van der Waals surface area contributed by atoms with Crippen molar-refractivity contribution in [2.75, 3.05) is 0 Å². The normalized spacial score (nSPS) is 16.5. The molecule has 0 rings (SSSR count). The van der Waals surface area contributed by atoms with Gasteiger partial charge in [0.25, 0.3) is 0 Å². The van der Waals surface area contributed by atoms with E-state index in [1.807, 2.05) is 0 Å². The first-order valence-corrected chi connectivity index (χ1v) is 4.77. The average Bonchev–Trinajstić information content (AvgIpc) is 2.23. The van der Waals surface area contributed by atoms with Crippen LogP contribution in [0.5, 0.6) is 0 Å². The third-order valence-corrected chi connectivity index (χ3v) is 2.21. The van der Waals surface area contributed by atoms with Gasteiger partial charge >= 0.3 is 42.0 Å². The highest BCUT2D eigenvalue weighted by molar-refractivity contribution is 5.14. The van der Waals surface area contributed by atoms with Gasteiger partial charge in [0.1, 0.15) is 6.42 Å². The molecule has 0 aliphatic heterocycles. The number of rotatable bonds is 5. The van der Waals surface area contributed by atoms with Crippen molar-refractivity contribution >= 4 is 0 Å². The molecule has 0 fully saturated rings. The molecule has 0 heterocycles. The second kappa shape index (κ2) is 5.44. The van der Waals surface area contributed by atoms with E-state index in [0.717, 1.165) is 0 Å². The second-order valence-corrected chi connectivity index (χ2v) is 3.99. The van der Waals surface area contributed by atoms with Crippen LogP contribution < -0.4 is 0 Å². The predicted octanol–water partition coefficient (Wildman–Crippen LogP) is 5.37. The summed E-state index contributed by atoms with van der Waals surface area (Å²) in [6, 6.07) is 0. The molecule has 0 spiro atoms. The monoisotopic (exact) mass is 400 g/mol. The molecule has 0 atom stereocenters. The van der Waals surface area contributed by atoms with Gasteiger partial charge in [-0.3, -0.25) is 0 Å². The van der Waals surface area contributed by atoms with Gasteiger partial charge in [0.15, 0.2) is 0 Å². The minimum Gasteiger partial charge on any atom is -0.199 e. The molecule has 144 valence electrons. The maximum atomic E-state index is 12.6. The molecular formula is C8F16. The Bertz CT molecular complexity index is 450. The molecule has 2 radical (unpaired) electrons. The summed E-state index contributed by atoms with van der Waals surface area (Å²) in [6.45, 7) is 0. The molecule has 24 heavy (non-hydrogen) atoms. The summed E-state index contributed by atoms with van der Waals surface area (Å²) in [7, 11) is 0. The van der Waals surface area contributed by atoms with Crippen LogP contribution in [-0.2, 0) is 0 Å². The fourth-order valence-corrected chi connectivity index (χ4v) is 0.907. The van der Waals surface area contributed by atoms with Gasteiger partial charge in [0.05, 0.1) is 0 Å². The molecule has 0 aromatic heterocycles. The van der Waals surface area contributed by atoms with E-state index in [1.165, 1.54) is 0 Å². The zero-order chi connectivity index (χ0) is 20.2. The van der Waals surface area contributed by atoms with Crippen molar-refractivity contribution in [1.82, 2.24) is 0 Å². The largest absolute Gasteiger partial charge is 0.460 e. The first-order valence-electron chi connectivity index (χ1n) is 4.77. The standard InChI is InChI=1S/C8F16/c9-2(10,4(13,14)6(17,18)8(22,23)24)1-3(11,12)5(15,16)7(19,20)21. The molecule has 0 aliphatic carbocycles. The van der Waals surface area contributed by atoms with Gasteiger partial charge in [-0.25, -0.2) is 0 Å². The third kappa shape index (κ3) is 3.32. The Morgan fingerprint density at radius 3 is 0.833 bits per heavy atom. The summed E-state index contributed by atoms with van der Waals surface area (Å²) in [5.41, 5.74) is 0.